The fourth-order valence-electron chi connectivity index (χ4n) is 1.50. The van der Waals surface area contributed by atoms with Crippen LogP contribution in [0.1, 0.15) is 24.7 Å². The number of hydrogen-bond acceptors (Lipinski definition) is 2. The first-order valence-electron chi connectivity index (χ1n) is 5.84. The molecule has 0 saturated heterocycles. The number of halogens is 1. The molecule has 0 aromatic heterocycles. The molecule has 0 radical (unpaired) electrons. The number of carbonyl (C=O) groups is 1. The van der Waals surface area contributed by atoms with Gasteiger partial charge in [0.1, 0.15) is 5.82 Å². The summed E-state index contributed by atoms with van der Waals surface area (Å²) in [5, 5.41) is 2.76. The highest BCUT2D eigenvalue weighted by Crippen LogP contribution is 2.31. The Morgan fingerprint density at radius 1 is 1.44 bits per heavy atom. The van der Waals surface area contributed by atoms with Crippen molar-refractivity contribution in [2.24, 2.45) is 0 Å². The van der Waals surface area contributed by atoms with E-state index in [1.54, 1.807) is 30.0 Å². The SMILES string of the molecule is C=CCNC(=O)[C@H](C)S[C@H](C)c1ccc(F)cc1. The molecule has 1 aromatic carbocycles. The molecule has 0 saturated carbocycles. The second kappa shape index (κ2) is 7.21. The van der Waals surface area contributed by atoms with Crippen molar-refractivity contribution < 1.29 is 9.18 Å². The van der Waals surface area contributed by atoms with Gasteiger partial charge in [-0.1, -0.05) is 18.2 Å². The van der Waals surface area contributed by atoms with Crippen LogP contribution in [0.25, 0.3) is 0 Å². The van der Waals surface area contributed by atoms with Crippen molar-refractivity contribution in [3.63, 3.8) is 0 Å². The van der Waals surface area contributed by atoms with E-state index < -0.39 is 0 Å². The zero-order valence-corrected chi connectivity index (χ0v) is 11.5. The molecule has 1 N–H and O–H groups in total. The summed E-state index contributed by atoms with van der Waals surface area (Å²) in [6.07, 6.45) is 1.65. The first-order valence-corrected chi connectivity index (χ1v) is 6.78. The highest BCUT2D eigenvalue weighted by atomic mass is 32.2. The minimum Gasteiger partial charge on any atom is -0.352 e. The van der Waals surface area contributed by atoms with Crippen LogP contribution in [0.5, 0.6) is 0 Å². The molecular weight excluding hydrogens is 249 g/mol. The van der Waals surface area contributed by atoms with Gasteiger partial charge in [0.05, 0.1) is 5.25 Å². The maximum absolute atomic E-state index is 12.8. The molecule has 18 heavy (non-hydrogen) atoms. The van der Waals surface area contributed by atoms with E-state index in [2.05, 4.69) is 11.9 Å². The average molecular weight is 267 g/mol. The van der Waals surface area contributed by atoms with Crippen molar-refractivity contribution >= 4 is 17.7 Å². The normalized spacial score (nSPS) is 13.7. The molecule has 0 unspecified atom stereocenters. The molecule has 0 heterocycles. The maximum Gasteiger partial charge on any atom is 0.233 e. The molecule has 0 spiro atoms. The number of thioether (sulfide) groups is 1. The first kappa shape index (κ1) is 14.8. The molecule has 0 bridgehead atoms. The molecule has 0 aliphatic heterocycles. The Hall–Kier alpha value is -1.29. The minimum atomic E-state index is -0.243. The Morgan fingerprint density at radius 3 is 2.61 bits per heavy atom. The van der Waals surface area contributed by atoms with Crippen LogP contribution >= 0.6 is 11.8 Å². The lowest BCUT2D eigenvalue weighted by Gasteiger charge is -2.17. The second-order valence-electron chi connectivity index (χ2n) is 4.01. The molecule has 1 aromatic rings. The van der Waals surface area contributed by atoms with Crippen LogP contribution in [0.3, 0.4) is 0 Å². The van der Waals surface area contributed by atoms with Gasteiger partial charge in [-0.2, -0.15) is 0 Å². The van der Waals surface area contributed by atoms with E-state index in [1.807, 2.05) is 13.8 Å². The van der Waals surface area contributed by atoms with Gasteiger partial charge >= 0.3 is 0 Å². The molecule has 2 atom stereocenters. The Balaban J connectivity index is 2.53. The number of rotatable bonds is 6. The molecule has 0 aliphatic carbocycles. The smallest absolute Gasteiger partial charge is 0.233 e. The van der Waals surface area contributed by atoms with Gasteiger partial charge in [0.15, 0.2) is 0 Å². The van der Waals surface area contributed by atoms with Crippen molar-refractivity contribution in [2.75, 3.05) is 6.54 Å². The number of amides is 1. The molecule has 0 fully saturated rings. The van der Waals surface area contributed by atoms with E-state index in [-0.39, 0.29) is 22.2 Å². The molecule has 1 amide bonds. The van der Waals surface area contributed by atoms with Crippen LogP contribution < -0.4 is 5.32 Å². The summed E-state index contributed by atoms with van der Waals surface area (Å²) in [6, 6.07) is 6.38. The van der Waals surface area contributed by atoms with Crippen molar-refractivity contribution in [3.8, 4) is 0 Å². The monoisotopic (exact) mass is 267 g/mol. The van der Waals surface area contributed by atoms with Crippen molar-refractivity contribution in [3.05, 3.63) is 48.3 Å². The summed E-state index contributed by atoms with van der Waals surface area (Å²) < 4.78 is 12.8. The van der Waals surface area contributed by atoms with Gasteiger partial charge in [-0.25, -0.2) is 4.39 Å². The Labute approximate surface area is 112 Å². The Kier molecular flexibility index (Phi) is 5.92. The van der Waals surface area contributed by atoms with Crippen LogP contribution in [0, 0.1) is 5.82 Å². The van der Waals surface area contributed by atoms with Crippen LogP contribution in [-0.2, 0) is 4.79 Å². The fourth-order valence-corrected chi connectivity index (χ4v) is 2.63. The zero-order valence-electron chi connectivity index (χ0n) is 10.7. The van der Waals surface area contributed by atoms with Gasteiger partial charge in [0, 0.05) is 11.8 Å². The molecule has 4 heteroatoms. The summed E-state index contributed by atoms with van der Waals surface area (Å²) in [5.41, 5.74) is 1.02. The quantitative estimate of drug-likeness (QED) is 0.801. The van der Waals surface area contributed by atoms with E-state index in [4.69, 9.17) is 0 Å². The molecule has 0 aliphatic rings. The van der Waals surface area contributed by atoms with Crippen LogP contribution in [0.4, 0.5) is 4.39 Å². The zero-order chi connectivity index (χ0) is 13.5. The molecule has 98 valence electrons. The molecule has 1 rings (SSSR count). The minimum absolute atomic E-state index is 0.00568. The summed E-state index contributed by atoms with van der Waals surface area (Å²) in [5.74, 6) is -0.249. The van der Waals surface area contributed by atoms with E-state index in [0.29, 0.717) is 6.54 Å². The van der Waals surface area contributed by atoms with Gasteiger partial charge in [-0.15, -0.1) is 18.3 Å². The number of hydrogen-bond donors (Lipinski definition) is 1. The Morgan fingerprint density at radius 2 is 2.06 bits per heavy atom. The third-order valence-corrected chi connectivity index (χ3v) is 3.84. The standard InChI is InChI=1S/C14H18FNOS/c1-4-9-16-14(17)11(3)18-10(2)12-5-7-13(15)8-6-12/h4-8,10-11H,1,9H2,2-3H3,(H,16,17)/t10-,11+/m1/s1. The lowest BCUT2D eigenvalue weighted by atomic mass is 10.2. The largest absolute Gasteiger partial charge is 0.352 e. The van der Waals surface area contributed by atoms with Gasteiger partial charge in [0.25, 0.3) is 0 Å². The lowest BCUT2D eigenvalue weighted by molar-refractivity contribution is -0.120. The maximum atomic E-state index is 12.8. The number of benzene rings is 1. The lowest BCUT2D eigenvalue weighted by Crippen LogP contribution is -2.31. The van der Waals surface area contributed by atoms with Gasteiger partial charge in [-0.3, -0.25) is 4.79 Å². The van der Waals surface area contributed by atoms with Crippen molar-refractivity contribution in [1.29, 1.82) is 0 Å². The summed E-state index contributed by atoms with van der Waals surface area (Å²) in [4.78, 5) is 11.7. The van der Waals surface area contributed by atoms with E-state index in [1.165, 1.54) is 12.1 Å². The van der Waals surface area contributed by atoms with Gasteiger partial charge in [0.2, 0.25) is 5.91 Å². The average Bonchev–Trinajstić information content (AvgIpc) is 2.36. The second-order valence-corrected chi connectivity index (χ2v) is 5.69. The highest BCUT2D eigenvalue weighted by Gasteiger charge is 2.17. The van der Waals surface area contributed by atoms with Gasteiger partial charge in [-0.05, 0) is 31.5 Å². The highest BCUT2D eigenvalue weighted by molar-refractivity contribution is 8.00. The van der Waals surface area contributed by atoms with Crippen molar-refractivity contribution in [2.45, 2.75) is 24.3 Å². The molecular formula is C14H18FNOS. The third-order valence-electron chi connectivity index (χ3n) is 2.54. The topological polar surface area (TPSA) is 29.1 Å². The van der Waals surface area contributed by atoms with E-state index in [9.17, 15) is 9.18 Å². The summed E-state index contributed by atoms with van der Waals surface area (Å²) in [6.45, 7) is 7.91. The predicted octanol–water partition coefficient (Wildman–Crippen LogP) is 3.31. The van der Waals surface area contributed by atoms with Crippen LogP contribution in [0.15, 0.2) is 36.9 Å². The van der Waals surface area contributed by atoms with E-state index in [0.717, 1.165) is 5.56 Å². The molecule has 2 nitrogen and oxygen atoms in total. The van der Waals surface area contributed by atoms with E-state index >= 15 is 0 Å². The Bertz CT molecular complexity index is 405. The predicted molar refractivity (Wildman–Crippen MR) is 75.1 cm³/mol. The summed E-state index contributed by atoms with van der Waals surface area (Å²) in [7, 11) is 0. The first-order chi connectivity index (χ1) is 8.54. The van der Waals surface area contributed by atoms with Crippen LogP contribution in [-0.4, -0.2) is 17.7 Å². The number of carbonyl (C=O) groups excluding carboxylic acids is 1. The van der Waals surface area contributed by atoms with Crippen LogP contribution in [0.2, 0.25) is 0 Å². The van der Waals surface area contributed by atoms with Gasteiger partial charge < -0.3 is 5.32 Å². The third kappa shape index (κ3) is 4.53. The fraction of sp³-hybridized carbons (Fsp3) is 0.357. The number of nitrogens with one attached hydrogen (secondary N) is 1. The summed E-state index contributed by atoms with van der Waals surface area (Å²) >= 11 is 1.55. The van der Waals surface area contributed by atoms with Crippen molar-refractivity contribution in [1.82, 2.24) is 5.32 Å².